The van der Waals surface area contributed by atoms with E-state index in [1.165, 1.54) is 13.0 Å². The van der Waals surface area contributed by atoms with Crippen LogP contribution in [0.4, 0.5) is 17.6 Å². The van der Waals surface area contributed by atoms with E-state index >= 15 is 0 Å². The van der Waals surface area contributed by atoms with E-state index in [0.717, 1.165) is 6.07 Å². The van der Waals surface area contributed by atoms with Crippen LogP contribution in [-0.4, -0.2) is 5.11 Å². The Morgan fingerprint density at radius 2 is 1.65 bits per heavy atom. The summed E-state index contributed by atoms with van der Waals surface area (Å²) in [5.74, 6) is -4.09. The maximum absolute atomic E-state index is 13.9. The number of rotatable bonds is 2. The summed E-state index contributed by atoms with van der Waals surface area (Å²) < 4.78 is 54.5. The van der Waals surface area contributed by atoms with Crippen molar-refractivity contribution in [3.8, 4) is 0 Å². The van der Waals surface area contributed by atoms with Gasteiger partial charge >= 0.3 is 0 Å². The Morgan fingerprint density at radius 3 is 2.30 bits per heavy atom. The van der Waals surface area contributed by atoms with Crippen molar-refractivity contribution >= 4 is 11.6 Å². The zero-order chi connectivity index (χ0) is 15.0. The highest BCUT2D eigenvalue weighted by Gasteiger charge is 2.24. The molecule has 1 nitrogen and oxygen atoms in total. The molecule has 0 spiro atoms. The smallest absolute Gasteiger partial charge is 0.142 e. The van der Waals surface area contributed by atoms with Crippen LogP contribution in [0.5, 0.6) is 0 Å². The summed E-state index contributed by atoms with van der Waals surface area (Å²) in [5.41, 5.74) is -1.24. The van der Waals surface area contributed by atoms with E-state index in [4.69, 9.17) is 11.6 Å². The topological polar surface area (TPSA) is 20.2 Å². The van der Waals surface area contributed by atoms with Gasteiger partial charge in [-0.2, -0.15) is 0 Å². The number of hydrogen-bond donors (Lipinski definition) is 1. The molecule has 0 bridgehead atoms. The number of halogens is 5. The maximum Gasteiger partial charge on any atom is 0.142 e. The van der Waals surface area contributed by atoms with Gasteiger partial charge in [0, 0.05) is 5.56 Å². The fourth-order valence-electron chi connectivity index (χ4n) is 1.83. The Balaban J connectivity index is 2.60. The highest BCUT2D eigenvalue weighted by Crippen LogP contribution is 2.31. The van der Waals surface area contributed by atoms with E-state index in [1.54, 1.807) is 0 Å². The Hall–Kier alpha value is -1.59. The molecule has 0 fully saturated rings. The van der Waals surface area contributed by atoms with Gasteiger partial charge in [0.15, 0.2) is 0 Å². The van der Waals surface area contributed by atoms with E-state index < -0.39 is 45.5 Å². The minimum absolute atomic E-state index is 0.0790. The van der Waals surface area contributed by atoms with Gasteiger partial charge in [-0.1, -0.05) is 17.7 Å². The molecule has 0 saturated heterocycles. The van der Waals surface area contributed by atoms with Crippen LogP contribution in [0, 0.1) is 30.2 Å². The van der Waals surface area contributed by atoms with Crippen molar-refractivity contribution in [3.63, 3.8) is 0 Å². The lowest BCUT2D eigenvalue weighted by Crippen LogP contribution is -2.09. The molecule has 2 aromatic carbocycles. The van der Waals surface area contributed by atoms with Gasteiger partial charge in [-0.3, -0.25) is 0 Å². The monoisotopic (exact) mass is 304 g/mol. The van der Waals surface area contributed by atoms with Crippen LogP contribution in [0.25, 0.3) is 0 Å². The molecule has 0 aliphatic rings. The van der Waals surface area contributed by atoms with E-state index in [-0.39, 0.29) is 5.56 Å². The predicted octanol–water partition coefficient (Wildman–Crippen LogP) is 4.29. The third-order valence-corrected chi connectivity index (χ3v) is 3.22. The first-order chi connectivity index (χ1) is 9.32. The van der Waals surface area contributed by atoms with Gasteiger partial charge in [0.05, 0.1) is 10.6 Å². The molecule has 0 heterocycles. The molecule has 2 aromatic rings. The van der Waals surface area contributed by atoms with Crippen LogP contribution in [0.1, 0.15) is 22.8 Å². The number of hydrogen-bond acceptors (Lipinski definition) is 1. The molecule has 1 atom stereocenters. The van der Waals surface area contributed by atoms with Crippen LogP contribution >= 0.6 is 11.6 Å². The summed E-state index contributed by atoms with van der Waals surface area (Å²) in [5, 5.41) is 9.46. The first kappa shape index (κ1) is 14.8. The molecule has 0 saturated carbocycles. The Bertz CT molecular complexity index is 673. The molecular formula is C14H9ClF4O. The van der Waals surface area contributed by atoms with Crippen molar-refractivity contribution in [2.75, 3.05) is 0 Å². The Kier molecular flexibility index (Phi) is 4.01. The van der Waals surface area contributed by atoms with Crippen molar-refractivity contribution in [3.05, 3.63) is 69.2 Å². The van der Waals surface area contributed by atoms with Crippen molar-refractivity contribution in [2.45, 2.75) is 13.0 Å². The summed E-state index contributed by atoms with van der Waals surface area (Å²) in [6, 6.07) is 3.38. The lowest BCUT2D eigenvalue weighted by molar-refractivity contribution is 0.203. The minimum Gasteiger partial charge on any atom is -0.383 e. The summed E-state index contributed by atoms with van der Waals surface area (Å²) >= 11 is 5.38. The minimum atomic E-state index is -1.97. The number of aliphatic hydroxyl groups is 1. The second kappa shape index (κ2) is 5.42. The Labute approximate surface area is 117 Å². The molecule has 2 rings (SSSR count). The second-order valence-electron chi connectivity index (χ2n) is 4.28. The highest BCUT2D eigenvalue weighted by molar-refractivity contribution is 6.30. The lowest BCUT2D eigenvalue weighted by Gasteiger charge is -2.15. The largest absolute Gasteiger partial charge is 0.383 e. The van der Waals surface area contributed by atoms with Crippen LogP contribution in [-0.2, 0) is 0 Å². The summed E-state index contributed by atoms with van der Waals surface area (Å²) in [6.45, 7) is 1.36. The molecule has 6 heteroatoms. The average molecular weight is 305 g/mol. The van der Waals surface area contributed by atoms with Gasteiger partial charge in [0.2, 0.25) is 0 Å². The molecule has 1 N–H and O–H groups in total. The van der Waals surface area contributed by atoms with Crippen LogP contribution in [0.3, 0.4) is 0 Å². The lowest BCUT2D eigenvalue weighted by atomic mass is 9.98. The zero-order valence-corrected chi connectivity index (χ0v) is 11.0. The SMILES string of the molecule is Cc1ccc(F)c(C(O)c2cc(F)c(Cl)cc2F)c1F. The molecule has 0 amide bonds. The number of aryl methyl sites for hydroxylation is 1. The first-order valence-corrected chi connectivity index (χ1v) is 5.97. The van der Waals surface area contributed by atoms with Gasteiger partial charge < -0.3 is 5.11 Å². The van der Waals surface area contributed by atoms with Gasteiger partial charge in [0.25, 0.3) is 0 Å². The normalized spacial score (nSPS) is 12.6. The van der Waals surface area contributed by atoms with Crippen molar-refractivity contribution < 1.29 is 22.7 Å². The van der Waals surface area contributed by atoms with Crippen molar-refractivity contribution in [2.24, 2.45) is 0 Å². The summed E-state index contributed by atoms with van der Waals surface area (Å²) in [6.07, 6.45) is -1.97. The molecule has 20 heavy (non-hydrogen) atoms. The first-order valence-electron chi connectivity index (χ1n) is 5.60. The Morgan fingerprint density at radius 1 is 1.00 bits per heavy atom. The van der Waals surface area contributed by atoms with E-state index in [1.807, 2.05) is 0 Å². The van der Waals surface area contributed by atoms with Crippen LogP contribution < -0.4 is 0 Å². The molecule has 0 aliphatic carbocycles. The third kappa shape index (κ3) is 2.51. The molecule has 106 valence electrons. The van der Waals surface area contributed by atoms with E-state index in [0.29, 0.717) is 12.1 Å². The molecule has 1 unspecified atom stereocenters. The standard InChI is InChI=1S/C14H9ClF4O/c1-6-2-3-9(16)12(13(6)19)14(20)7-4-11(18)8(15)5-10(7)17/h2-5,14,20H,1H3. The highest BCUT2D eigenvalue weighted by atomic mass is 35.5. The van der Waals surface area contributed by atoms with Gasteiger partial charge in [-0.25, -0.2) is 17.6 Å². The summed E-state index contributed by atoms with van der Waals surface area (Å²) in [7, 11) is 0. The molecular weight excluding hydrogens is 296 g/mol. The zero-order valence-electron chi connectivity index (χ0n) is 10.2. The van der Waals surface area contributed by atoms with Crippen LogP contribution in [0.15, 0.2) is 24.3 Å². The fourth-order valence-corrected chi connectivity index (χ4v) is 1.98. The average Bonchev–Trinajstić information content (AvgIpc) is 2.38. The van der Waals surface area contributed by atoms with Gasteiger partial charge in [0.1, 0.15) is 29.4 Å². The van der Waals surface area contributed by atoms with E-state index in [9.17, 15) is 22.7 Å². The van der Waals surface area contributed by atoms with Gasteiger partial charge in [-0.05, 0) is 30.7 Å². The third-order valence-electron chi connectivity index (χ3n) is 2.93. The van der Waals surface area contributed by atoms with Crippen LogP contribution in [0.2, 0.25) is 5.02 Å². The molecule has 0 aromatic heterocycles. The molecule has 0 aliphatic heterocycles. The number of benzene rings is 2. The van der Waals surface area contributed by atoms with E-state index in [2.05, 4.69) is 0 Å². The molecule has 0 radical (unpaired) electrons. The predicted molar refractivity (Wildman–Crippen MR) is 66.5 cm³/mol. The maximum atomic E-state index is 13.9. The van der Waals surface area contributed by atoms with Crippen molar-refractivity contribution in [1.29, 1.82) is 0 Å². The number of aliphatic hydroxyl groups excluding tert-OH is 1. The second-order valence-corrected chi connectivity index (χ2v) is 4.69. The van der Waals surface area contributed by atoms with Crippen molar-refractivity contribution in [1.82, 2.24) is 0 Å². The summed E-state index contributed by atoms with van der Waals surface area (Å²) in [4.78, 5) is 0. The quantitative estimate of drug-likeness (QED) is 0.648. The fraction of sp³-hybridized carbons (Fsp3) is 0.143. The van der Waals surface area contributed by atoms with Gasteiger partial charge in [-0.15, -0.1) is 0 Å².